The average Bonchev–Trinajstić information content (AvgIpc) is 2.94. The average molecular weight is 312 g/mol. The summed E-state index contributed by atoms with van der Waals surface area (Å²) in [5.41, 5.74) is 3.46. The molecule has 3 rings (SSSR count). The van der Waals surface area contributed by atoms with Crippen molar-refractivity contribution >= 4 is 9.84 Å². The Bertz CT molecular complexity index is 896. The van der Waals surface area contributed by atoms with Crippen molar-refractivity contribution in [1.29, 1.82) is 0 Å². The molecule has 0 saturated heterocycles. The van der Waals surface area contributed by atoms with Crippen LogP contribution in [0.15, 0.2) is 66.0 Å². The molecule has 0 spiro atoms. The number of sulfone groups is 1. The summed E-state index contributed by atoms with van der Waals surface area (Å²) < 4.78 is 25.7. The SMILES string of the molecule is Cc1ccc(-c2cn(-c3ccccc3)c(S(C)(=O)=O)n2)cc1. The van der Waals surface area contributed by atoms with E-state index in [1.807, 2.05) is 61.5 Å². The molecule has 0 aliphatic rings. The van der Waals surface area contributed by atoms with E-state index < -0.39 is 9.84 Å². The molecule has 0 fully saturated rings. The first kappa shape index (κ1) is 14.5. The van der Waals surface area contributed by atoms with E-state index in [0.29, 0.717) is 5.69 Å². The highest BCUT2D eigenvalue weighted by Gasteiger charge is 2.19. The van der Waals surface area contributed by atoms with Crippen LogP contribution in [0.25, 0.3) is 16.9 Å². The van der Waals surface area contributed by atoms with Gasteiger partial charge in [0.15, 0.2) is 0 Å². The summed E-state index contributed by atoms with van der Waals surface area (Å²) in [6.07, 6.45) is 2.93. The number of hydrogen-bond donors (Lipinski definition) is 0. The van der Waals surface area contributed by atoms with E-state index in [2.05, 4.69) is 4.98 Å². The van der Waals surface area contributed by atoms with Gasteiger partial charge in [-0.3, -0.25) is 4.57 Å². The first-order valence-electron chi connectivity index (χ1n) is 6.87. The molecule has 4 nitrogen and oxygen atoms in total. The molecule has 22 heavy (non-hydrogen) atoms. The van der Waals surface area contributed by atoms with Crippen LogP contribution < -0.4 is 0 Å². The Hall–Kier alpha value is -2.40. The number of hydrogen-bond acceptors (Lipinski definition) is 3. The summed E-state index contributed by atoms with van der Waals surface area (Å²) in [6.45, 7) is 2.01. The van der Waals surface area contributed by atoms with E-state index >= 15 is 0 Å². The first-order valence-corrected chi connectivity index (χ1v) is 8.76. The van der Waals surface area contributed by atoms with E-state index in [9.17, 15) is 8.42 Å². The molecule has 0 N–H and O–H groups in total. The minimum atomic E-state index is -3.43. The van der Waals surface area contributed by atoms with Gasteiger partial charge in [-0.15, -0.1) is 0 Å². The molecule has 0 unspecified atom stereocenters. The zero-order valence-electron chi connectivity index (χ0n) is 12.4. The molecule has 0 aliphatic heterocycles. The van der Waals surface area contributed by atoms with E-state index in [1.54, 1.807) is 10.8 Å². The van der Waals surface area contributed by atoms with E-state index in [-0.39, 0.29) is 5.16 Å². The van der Waals surface area contributed by atoms with Crippen LogP contribution in [0, 0.1) is 6.92 Å². The fraction of sp³-hybridized carbons (Fsp3) is 0.118. The van der Waals surface area contributed by atoms with Crippen LogP contribution in [-0.2, 0) is 9.84 Å². The molecule has 2 aromatic carbocycles. The van der Waals surface area contributed by atoms with Crippen LogP contribution in [-0.4, -0.2) is 24.2 Å². The van der Waals surface area contributed by atoms with Crippen molar-refractivity contribution in [3.63, 3.8) is 0 Å². The Kier molecular flexibility index (Phi) is 3.58. The monoisotopic (exact) mass is 312 g/mol. The van der Waals surface area contributed by atoms with Gasteiger partial charge in [-0.05, 0) is 19.1 Å². The van der Waals surface area contributed by atoms with Crippen molar-refractivity contribution in [2.45, 2.75) is 12.1 Å². The minimum absolute atomic E-state index is 0.0503. The first-order chi connectivity index (χ1) is 10.4. The molecule has 3 aromatic rings. The standard InChI is InChI=1S/C17H16N2O2S/c1-13-8-10-14(11-9-13)16-12-19(15-6-4-3-5-7-15)17(18-16)22(2,20)21/h3-12H,1-2H3. The number of aromatic nitrogens is 2. The summed E-state index contributed by atoms with van der Waals surface area (Å²) in [4.78, 5) is 4.33. The molecule has 0 bridgehead atoms. The summed E-state index contributed by atoms with van der Waals surface area (Å²) in [6, 6.07) is 17.2. The Balaban J connectivity index is 2.20. The van der Waals surface area contributed by atoms with E-state index in [0.717, 1.165) is 16.8 Å². The summed E-state index contributed by atoms with van der Waals surface area (Å²) in [5.74, 6) is 0. The lowest BCUT2D eigenvalue weighted by atomic mass is 10.1. The van der Waals surface area contributed by atoms with Gasteiger partial charge in [0.25, 0.3) is 0 Å². The third-order valence-corrected chi connectivity index (χ3v) is 4.34. The van der Waals surface area contributed by atoms with Gasteiger partial charge in [0, 0.05) is 23.7 Å². The Labute approximate surface area is 130 Å². The third-order valence-electron chi connectivity index (χ3n) is 3.39. The topological polar surface area (TPSA) is 52.0 Å². The maximum absolute atomic E-state index is 12.0. The highest BCUT2D eigenvalue weighted by molar-refractivity contribution is 7.90. The minimum Gasteiger partial charge on any atom is -0.290 e. The molecular formula is C17H16N2O2S. The van der Waals surface area contributed by atoms with Crippen LogP contribution in [0.3, 0.4) is 0 Å². The van der Waals surface area contributed by atoms with Crippen molar-refractivity contribution in [2.24, 2.45) is 0 Å². The summed E-state index contributed by atoms with van der Waals surface area (Å²) in [5, 5.41) is 0.0503. The van der Waals surface area contributed by atoms with Gasteiger partial charge in [0.2, 0.25) is 15.0 Å². The van der Waals surface area contributed by atoms with Crippen LogP contribution in [0.2, 0.25) is 0 Å². The number of imidazole rings is 1. The van der Waals surface area contributed by atoms with Crippen LogP contribution in [0.1, 0.15) is 5.56 Å². The zero-order valence-corrected chi connectivity index (χ0v) is 13.2. The van der Waals surface area contributed by atoms with Gasteiger partial charge < -0.3 is 0 Å². The van der Waals surface area contributed by atoms with Crippen LogP contribution in [0.4, 0.5) is 0 Å². The lowest BCUT2D eigenvalue weighted by Crippen LogP contribution is -2.07. The Morgan fingerprint density at radius 2 is 1.59 bits per heavy atom. The second kappa shape index (κ2) is 5.42. The normalized spacial score (nSPS) is 11.5. The van der Waals surface area contributed by atoms with Crippen molar-refractivity contribution in [2.75, 3.05) is 6.26 Å². The van der Waals surface area contributed by atoms with Gasteiger partial charge >= 0.3 is 0 Å². The zero-order chi connectivity index (χ0) is 15.7. The van der Waals surface area contributed by atoms with Gasteiger partial charge in [-0.1, -0.05) is 48.0 Å². The number of aryl methyl sites for hydroxylation is 1. The van der Waals surface area contributed by atoms with Crippen molar-refractivity contribution in [3.05, 3.63) is 66.4 Å². The third kappa shape index (κ3) is 2.80. The molecular weight excluding hydrogens is 296 g/mol. The predicted octanol–water partition coefficient (Wildman–Crippen LogP) is 3.25. The number of rotatable bonds is 3. The molecule has 1 aromatic heterocycles. The lowest BCUT2D eigenvalue weighted by molar-refractivity contribution is 0.590. The highest BCUT2D eigenvalue weighted by atomic mass is 32.2. The van der Waals surface area contributed by atoms with E-state index in [4.69, 9.17) is 0 Å². The molecule has 0 atom stereocenters. The quantitative estimate of drug-likeness (QED) is 0.746. The molecule has 0 saturated carbocycles. The molecule has 0 radical (unpaired) electrons. The lowest BCUT2D eigenvalue weighted by Gasteiger charge is -2.05. The van der Waals surface area contributed by atoms with Crippen LogP contribution in [0.5, 0.6) is 0 Å². The van der Waals surface area contributed by atoms with Gasteiger partial charge in [0.1, 0.15) is 0 Å². The van der Waals surface area contributed by atoms with Gasteiger partial charge in [-0.25, -0.2) is 13.4 Å². The second-order valence-corrected chi connectivity index (χ2v) is 7.16. The van der Waals surface area contributed by atoms with Crippen molar-refractivity contribution in [3.8, 4) is 16.9 Å². The number of benzene rings is 2. The fourth-order valence-electron chi connectivity index (χ4n) is 2.26. The molecule has 5 heteroatoms. The fourth-order valence-corrected chi connectivity index (χ4v) is 3.04. The van der Waals surface area contributed by atoms with Crippen molar-refractivity contribution < 1.29 is 8.42 Å². The Morgan fingerprint density at radius 1 is 0.955 bits per heavy atom. The summed E-state index contributed by atoms with van der Waals surface area (Å²) in [7, 11) is -3.43. The summed E-state index contributed by atoms with van der Waals surface area (Å²) >= 11 is 0. The maximum Gasteiger partial charge on any atom is 0.232 e. The second-order valence-electron chi connectivity index (χ2n) is 5.25. The van der Waals surface area contributed by atoms with Crippen LogP contribution >= 0.6 is 0 Å². The van der Waals surface area contributed by atoms with Gasteiger partial charge in [0.05, 0.1) is 5.69 Å². The highest BCUT2D eigenvalue weighted by Crippen LogP contribution is 2.24. The van der Waals surface area contributed by atoms with Gasteiger partial charge in [-0.2, -0.15) is 0 Å². The molecule has 112 valence electrons. The Morgan fingerprint density at radius 3 is 2.18 bits per heavy atom. The maximum atomic E-state index is 12.0. The largest absolute Gasteiger partial charge is 0.290 e. The molecule has 1 heterocycles. The number of nitrogens with zero attached hydrogens (tertiary/aromatic N) is 2. The molecule has 0 amide bonds. The van der Waals surface area contributed by atoms with E-state index in [1.165, 1.54) is 6.26 Å². The van der Waals surface area contributed by atoms with Crippen molar-refractivity contribution in [1.82, 2.24) is 9.55 Å². The predicted molar refractivity (Wildman–Crippen MR) is 86.8 cm³/mol. The number of para-hydroxylation sites is 1. The smallest absolute Gasteiger partial charge is 0.232 e. The molecule has 0 aliphatic carbocycles.